The van der Waals surface area contributed by atoms with Gasteiger partial charge in [-0.05, 0) is 49.2 Å². The maximum absolute atomic E-state index is 12.9. The second-order valence-corrected chi connectivity index (χ2v) is 9.76. The van der Waals surface area contributed by atoms with Crippen molar-refractivity contribution < 1.29 is 22.8 Å². The van der Waals surface area contributed by atoms with Crippen LogP contribution in [0.2, 0.25) is 0 Å². The fourth-order valence-electron chi connectivity index (χ4n) is 4.12. The molecule has 32 heavy (non-hydrogen) atoms. The second kappa shape index (κ2) is 9.12. The Kier molecular flexibility index (Phi) is 6.27. The van der Waals surface area contributed by atoms with E-state index in [1.54, 1.807) is 24.3 Å². The summed E-state index contributed by atoms with van der Waals surface area (Å²) in [4.78, 5) is 37.6. The first-order valence-corrected chi connectivity index (χ1v) is 12.2. The maximum atomic E-state index is 12.9. The van der Waals surface area contributed by atoms with Gasteiger partial charge in [0.25, 0.3) is 15.9 Å². The summed E-state index contributed by atoms with van der Waals surface area (Å²) in [6.07, 6.45) is 5.47. The Labute approximate surface area is 187 Å². The number of imide groups is 1. The number of carbonyl (C=O) groups is 3. The first-order valence-electron chi connectivity index (χ1n) is 10.7. The number of para-hydroxylation sites is 1. The van der Waals surface area contributed by atoms with Gasteiger partial charge >= 0.3 is 0 Å². The van der Waals surface area contributed by atoms with Crippen molar-refractivity contribution >= 4 is 39.1 Å². The monoisotopic (exact) mass is 455 g/mol. The van der Waals surface area contributed by atoms with Crippen LogP contribution in [0.4, 0.5) is 11.4 Å². The van der Waals surface area contributed by atoms with Gasteiger partial charge in [-0.15, -0.1) is 0 Å². The van der Waals surface area contributed by atoms with E-state index in [2.05, 4.69) is 10.0 Å². The number of nitrogens with one attached hydrogen (secondary N) is 2. The molecule has 2 aromatic carbocycles. The smallest absolute Gasteiger partial charge is 0.261 e. The quantitative estimate of drug-likeness (QED) is 0.650. The number of rotatable bonds is 6. The zero-order valence-electron chi connectivity index (χ0n) is 17.5. The van der Waals surface area contributed by atoms with Crippen LogP contribution in [0, 0.1) is 0 Å². The first-order chi connectivity index (χ1) is 15.3. The summed E-state index contributed by atoms with van der Waals surface area (Å²) >= 11 is 0. The van der Waals surface area contributed by atoms with Gasteiger partial charge in [0, 0.05) is 18.9 Å². The van der Waals surface area contributed by atoms with Crippen molar-refractivity contribution in [3.63, 3.8) is 0 Å². The highest BCUT2D eigenvalue weighted by Gasteiger charge is 2.30. The summed E-state index contributed by atoms with van der Waals surface area (Å²) in [5, 5.41) is 3.00. The molecule has 4 rings (SSSR count). The molecular weight excluding hydrogens is 430 g/mol. The fourth-order valence-corrected chi connectivity index (χ4v) is 5.20. The zero-order chi connectivity index (χ0) is 22.7. The first kappa shape index (κ1) is 22.0. The van der Waals surface area contributed by atoms with Crippen molar-refractivity contribution in [2.45, 2.75) is 55.9 Å². The standard InChI is InChI=1S/C23H25N3O5S/c27-21-14-15-22(28)26(21)17-10-12-18(13-11-17)32(30,31)25-20-9-5-4-8-19(20)23(29)24-16-6-2-1-3-7-16/h4-5,8-13,16,25H,1-3,6-7,14-15H2,(H,24,29). The highest BCUT2D eigenvalue weighted by molar-refractivity contribution is 7.92. The van der Waals surface area contributed by atoms with Crippen molar-refractivity contribution in [2.24, 2.45) is 0 Å². The summed E-state index contributed by atoms with van der Waals surface area (Å²) in [6, 6.07) is 12.1. The van der Waals surface area contributed by atoms with Gasteiger partial charge in [0.15, 0.2) is 0 Å². The maximum Gasteiger partial charge on any atom is 0.261 e. The molecule has 0 unspecified atom stereocenters. The Balaban J connectivity index is 1.52. The van der Waals surface area contributed by atoms with Crippen molar-refractivity contribution in [3.05, 3.63) is 54.1 Å². The summed E-state index contributed by atoms with van der Waals surface area (Å²) in [6.45, 7) is 0. The van der Waals surface area contributed by atoms with Crippen LogP contribution < -0.4 is 14.9 Å². The minimum atomic E-state index is -3.99. The van der Waals surface area contributed by atoms with Gasteiger partial charge in [-0.25, -0.2) is 8.42 Å². The number of hydrogen-bond donors (Lipinski definition) is 2. The van der Waals surface area contributed by atoms with Gasteiger partial charge in [0.1, 0.15) is 0 Å². The average Bonchev–Trinajstić information content (AvgIpc) is 3.12. The minimum absolute atomic E-state index is 0.0390. The summed E-state index contributed by atoms with van der Waals surface area (Å²) in [7, 11) is -3.99. The van der Waals surface area contributed by atoms with Crippen LogP contribution in [-0.2, 0) is 19.6 Å². The van der Waals surface area contributed by atoms with Crippen LogP contribution in [0.1, 0.15) is 55.3 Å². The lowest BCUT2D eigenvalue weighted by atomic mass is 9.95. The molecule has 0 spiro atoms. The van der Waals surface area contributed by atoms with Gasteiger partial charge in [0.2, 0.25) is 11.8 Å². The third-order valence-corrected chi connectivity index (χ3v) is 7.19. The molecule has 1 saturated carbocycles. The molecule has 1 heterocycles. The third kappa shape index (κ3) is 4.67. The van der Waals surface area contributed by atoms with E-state index in [4.69, 9.17) is 0 Å². The average molecular weight is 456 g/mol. The summed E-state index contributed by atoms with van der Waals surface area (Å²) < 4.78 is 28.4. The Morgan fingerprint density at radius 2 is 1.50 bits per heavy atom. The van der Waals surface area contributed by atoms with Crippen LogP contribution in [-0.4, -0.2) is 32.2 Å². The number of benzene rings is 2. The van der Waals surface area contributed by atoms with Crippen molar-refractivity contribution in [1.29, 1.82) is 0 Å². The number of sulfonamides is 1. The van der Waals surface area contributed by atoms with E-state index in [0.717, 1.165) is 30.6 Å². The number of carbonyl (C=O) groups excluding carboxylic acids is 3. The predicted molar refractivity (Wildman–Crippen MR) is 120 cm³/mol. The van der Waals surface area contributed by atoms with Crippen LogP contribution in [0.15, 0.2) is 53.4 Å². The molecular formula is C23H25N3O5S. The Morgan fingerprint density at radius 3 is 2.16 bits per heavy atom. The van der Waals surface area contributed by atoms with E-state index in [1.165, 1.54) is 30.7 Å². The number of nitrogens with zero attached hydrogens (tertiary/aromatic N) is 1. The minimum Gasteiger partial charge on any atom is -0.349 e. The second-order valence-electron chi connectivity index (χ2n) is 8.08. The molecule has 168 valence electrons. The summed E-state index contributed by atoms with van der Waals surface area (Å²) in [5.41, 5.74) is 0.782. The van der Waals surface area contributed by atoms with E-state index < -0.39 is 10.0 Å². The molecule has 8 nitrogen and oxygen atoms in total. The fraction of sp³-hybridized carbons (Fsp3) is 0.348. The number of anilines is 2. The molecule has 0 bridgehead atoms. The van der Waals surface area contributed by atoms with Crippen molar-refractivity contribution in [2.75, 3.05) is 9.62 Å². The Bertz CT molecular complexity index is 1120. The van der Waals surface area contributed by atoms with Crippen LogP contribution in [0.25, 0.3) is 0 Å². The SMILES string of the molecule is O=C(NC1CCCCC1)c1ccccc1NS(=O)(=O)c1ccc(N2C(=O)CCC2=O)cc1. The van der Waals surface area contributed by atoms with E-state index in [0.29, 0.717) is 5.69 Å². The molecule has 2 N–H and O–H groups in total. The molecule has 2 fully saturated rings. The molecule has 0 atom stereocenters. The molecule has 9 heteroatoms. The van der Waals surface area contributed by atoms with Crippen LogP contribution >= 0.6 is 0 Å². The van der Waals surface area contributed by atoms with E-state index >= 15 is 0 Å². The van der Waals surface area contributed by atoms with Gasteiger partial charge in [-0.2, -0.15) is 0 Å². The highest BCUT2D eigenvalue weighted by Crippen LogP contribution is 2.26. The predicted octanol–water partition coefficient (Wildman–Crippen LogP) is 3.20. The lowest BCUT2D eigenvalue weighted by Gasteiger charge is -2.23. The molecule has 0 radical (unpaired) electrons. The van der Waals surface area contributed by atoms with E-state index in [1.807, 2.05) is 0 Å². The lowest BCUT2D eigenvalue weighted by molar-refractivity contribution is -0.121. The third-order valence-electron chi connectivity index (χ3n) is 5.81. The number of amides is 3. The Hall–Kier alpha value is -3.20. The largest absolute Gasteiger partial charge is 0.349 e. The molecule has 1 aliphatic heterocycles. The molecule has 1 aliphatic carbocycles. The summed E-state index contributed by atoms with van der Waals surface area (Å²) in [5.74, 6) is -0.917. The topological polar surface area (TPSA) is 113 Å². The Morgan fingerprint density at radius 1 is 0.875 bits per heavy atom. The molecule has 0 aromatic heterocycles. The van der Waals surface area contributed by atoms with Gasteiger partial charge in [-0.1, -0.05) is 31.4 Å². The van der Waals surface area contributed by atoms with Crippen molar-refractivity contribution in [1.82, 2.24) is 5.32 Å². The van der Waals surface area contributed by atoms with E-state index in [-0.39, 0.29) is 52.8 Å². The molecule has 3 amide bonds. The highest BCUT2D eigenvalue weighted by atomic mass is 32.2. The van der Waals surface area contributed by atoms with Crippen LogP contribution in [0.5, 0.6) is 0 Å². The molecule has 2 aromatic rings. The van der Waals surface area contributed by atoms with Crippen molar-refractivity contribution in [3.8, 4) is 0 Å². The zero-order valence-corrected chi connectivity index (χ0v) is 18.4. The lowest BCUT2D eigenvalue weighted by Crippen LogP contribution is -2.36. The van der Waals surface area contributed by atoms with Crippen LogP contribution in [0.3, 0.4) is 0 Å². The van der Waals surface area contributed by atoms with Gasteiger partial charge in [0.05, 0.1) is 21.8 Å². The normalized spacial score (nSPS) is 17.4. The van der Waals surface area contributed by atoms with Gasteiger partial charge < -0.3 is 5.32 Å². The van der Waals surface area contributed by atoms with Gasteiger partial charge in [-0.3, -0.25) is 24.0 Å². The molecule has 1 saturated heterocycles. The number of hydrogen-bond acceptors (Lipinski definition) is 5. The molecule has 2 aliphatic rings. The van der Waals surface area contributed by atoms with E-state index in [9.17, 15) is 22.8 Å².